The minimum atomic E-state index is -0.0529. The maximum atomic E-state index is 8.76. The molecule has 2 heteroatoms. The summed E-state index contributed by atoms with van der Waals surface area (Å²) in [5.41, 5.74) is 0.659. The quantitative estimate of drug-likeness (QED) is 0.613. The average Bonchev–Trinajstić information content (AvgIpc) is 2.06. The third-order valence-corrected chi connectivity index (χ3v) is 2.97. The van der Waals surface area contributed by atoms with E-state index in [1.54, 1.807) is 0 Å². The zero-order valence-electron chi connectivity index (χ0n) is 8.24. The molecule has 0 N–H and O–H groups in total. The summed E-state index contributed by atoms with van der Waals surface area (Å²) in [6, 6.07) is 2.14. The summed E-state index contributed by atoms with van der Waals surface area (Å²) in [5.74, 6) is 0. The fourth-order valence-electron chi connectivity index (χ4n) is 0.847. The third-order valence-electron chi connectivity index (χ3n) is 2.23. The predicted molar refractivity (Wildman–Crippen MR) is 52.9 cm³/mol. The maximum absolute atomic E-state index is 8.76. The molecule has 0 saturated carbocycles. The number of nitriles is 1. The van der Waals surface area contributed by atoms with Crippen LogP contribution in [0.25, 0.3) is 0 Å². The largest absolute Gasteiger partial charge is 0.193 e. The highest BCUT2D eigenvalue weighted by Gasteiger charge is 2.22. The van der Waals surface area contributed by atoms with E-state index in [-0.39, 0.29) is 5.41 Å². The lowest BCUT2D eigenvalue weighted by molar-refractivity contribution is 0.447. The first-order valence-electron chi connectivity index (χ1n) is 4.28. The first-order chi connectivity index (χ1) is 5.49. The molecule has 0 unspecified atom stereocenters. The van der Waals surface area contributed by atoms with E-state index in [9.17, 15) is 0 Å². The zero-order chi connectivity index (χ0) is 9.78. The monoisotopic (exact) mass is 185 g/mol. The van der Waals surface area contributed by atoms with Crippen molar-refractivity contribution in [2.45, 2.75) is 40.5 Å². The normalized spacial score (nSPS) is 13.7. The summed E-state index contributed by atoms with van der Waals surface area (Å²) >= 11 is 6.10. The van der Waals surface area contributed by atoms with E-state index in [0.29, 0.717) is 5.57 Å². The van der Waals surface area contributed by atoms with Crippen LogP contribution in [0.2, 0.25) is 0 Å². The summed E-state index contributed by atoms with van der Waals surface area (Å²) in [6.07, 6.45) is 1.68. The first-order valence-corrected chi connectivity index (χ1v) is 4.66. The average molecular weight is 186 g/mol. The van der Waals surface area contributed by atoms with Crippen LogP contribution in [0, 0.1) is 16.7 Å². The topological polar surface area (TPSA) is 23.8 Å². The first kappa shape index (κ1) is 11.5. The SMILES string of the molecule is CC/C(C#N)=C(\Cl)C(C)(C)CC. The van der Waals surface area contributed by atoms with E-state index < -0.39 is 0 Å². The zero-order valence-corrected chi connectivity index (χ0v) is 9.00. The molecule has 0 heterocycles. The van der Waals surface area contributed by atoms with E-state index in [2.05, 4.69) is 26.8 Å². The van der Waals surface area contributed by atoms with Crippen molar-refractivity contribution >= 4 is 11.6 Å². The molecule has 0 saturated heterocycles. The molecule has 0 amide bonds. The Kier molecular flexibility index (Phi) is 4.34. The second-order valence-electron chi connectivity index (χ2n) is 3.50. The molecule has 12 heavy (non-hydrogen) atoms. The van der Waals surface area contributed by atoms with Gasteiger partial charge in [-0.25, -0.2) is 0 Å². The molecule has 0 atom stereocenters. The Morgan fingerprint density at radius 1 is 1.42 bits per heavy atom. The molecule has 0 aliphatic carbocycles. The van der Waals surface area contributed by atoms with Gasteiger partial charge in [-0.1, -0.05) is 39.3 Å². The molecule has 0 aromatic carbocycles. The van der Waals surface area contributed by atoms with Crippen LogP contribution < -0.4 is 0 Å². The molecule has 0 aliphatic rings. The number of rotatable bonds is 3. The fourth-order valence-corrected chi connectivity index (χ4v) is 1.16. The number of hydrogen-bond acceptors (Lipinski definition) is 1. The summed E-state index contributed by atoms with van der Waals surface area (Å²) in [6.45, 7) is 8.14. The summed E-state index contributed by atoms with van der Waals surface area (Å²) < 4.78 is 0. The highest BCUT2D eigenvalue weighted by Crippen LogP contribution is 2.35. The van der Waals surface area contributed by atoms with Crippen LogP contribution in [0.15, 0.2) is 10.6 Å². The Balaban J connectivity index is 4.89. The Morgan fingerprint density at radius 2 is 1.92 bits per heavy atom. The van der Waals surface area contributed by atoms with Crippen molar-refractivity contribution in [3.8, 4) is 6.07 Å². The van der Waals surface area contributed by atoms with Crippen LogP contribution in [0.1, 0.15) is 40.5 Å². The molecule has 0 spiro atoms. The molecule has 1 nitrogen and oxygen atoms in total. The van der Waals surface area contributed by atoms with Crippen LogP contribution in [0.3, 0.4) is 0 Å². The van der Waals surface area contributed by atoms with Crippen molar-refractivity contribution < 1.29 is 0 Å². The smallest absolute Gasteiger partial charge is 0.0959 e. The van der Waals surface area contributed by atoms with Crippen molar-refractivity contribution in [2.75, 3.05) is 0 Å². The number of nitrogens with zero attached hydrogens (tertiary/aromatic N) is 1. The molecule has 0 aliphatic heterocycles. The van der Waals surface area contributed by atoms with Crippen molar-refractivity contribution in [3.05, 3.63) is 10.6 Å². The van der Waals surface area contributed by atoms with Gasteiger partial charge in [0.05, 0.1) is 6.07 Å². The van der Waals surface area contributed by atoms with Gasteiger partial charge in [0, 0.05) is 16.0 Å². The van der Waals surface area contributed by atoms with E-state index in [0.717, 1.165) is 17.9 Å². The summed E-state index contributed by atoms with van der Waals surface area (Å²) in [5, 5.41) is 9.48. The molecule has 0 rings (SSSR count). The minimum absolute atomic E-state index is 0.0529. The molecule has 0 fully saturated rings. The minimum Gasteiger partial charge on any atom is -0.193 e. The molecular weight excluding hydrogens is 170 g/mol. The van der Waals surface area contributed by atoms with Gasteiger partial charge >= 0.3 is 0 Å². The van der Waals surface area contributed by atoms with Crippen molar-refractivity contribution in [2.24, 2.45) is 5.41 Å². The number of allylic oxidation sites excluding steroid dienone is 2. The van der Waals surface area contributed by atoms with Crippen LogP contribution in [-0.4, -0.2) is 0 Å². The molecule has 0 bridgehead atoms. The van der Waals surface area contributed by atoms with Gasteiger partial charge in [0.15, 0.2) is 0 Å². The third kappa shape index (κ3) is 2.53. The summed E-state index contributed by atoms with van der Waals surface area (Å²) in [7, 11) is 0. The predicted octanol–water partition coefficient (Wildman–Crippen LogP) is 3.85. The van der Waals surface area contributed by atoms with E-state index >= 15 is 0 Å². The van der Waals surface area contributed by atoms with Gasteiger partial charge in [-0.15, -0.1) is 0 Å². The highest BCUT2D eigenvalue weighted by molar-refractivity contribution is 6.30. The second kappa shape index (κ2) is 4.52. The molecule has 0 aromatic rings. The molecule has 68 valence electrons. The van der Waals surface area contributed by atoms with Gasteiger partial charge in [0.1, 0.15) is 0 Å². The Bertz CT molecular complexity index is 220. The van der Waals surface area contributed by atoms with Gasteiger partial charge in [-0.2, -0.15) is 5.26 Å². The fraction of sp³-hybridized carbons (Fsp3) is 0.700. The van der Waals surface area contributed by atoms with Gasteiger partial charge < -0.3 is 0 Å². The van der Waals surface area contributed by atoms with Crippen molar-refractivity contribution in [1.82, 2.24) is 0 Å². The standard InChI is InChI=1S/C10H16ClN/c1-5-8(7-12)9(11)10(3,4)6-2/h5-6H2,1-4H3/b9-8+. The van der Waals surface area contributed by atoms with Crippen LogP contribution >= 0.6 is 11.6 Å². The van der Waals surface area contributed by atoms with Gasteiger partial charge in [0.2, 0.25) is 0 Å². The second-order valence-corrected chi connectivity index (χ2v) is 3.87. The van der Waals surface area contributed by atoms with Gasteiger partial charge in [-0.3, -0.25) is 0 Å². The van der Waals surface area contributed by atoms with E-state index in [4.69, 9.17) is 16.9 Å². The lowest BCUT2D eigenvalue weighted by atomic mass is 9.87. The van der Waals surface area contributed by atoms with E-state index in [1.165, 1.54) is 0 Å². The lowest BCUT2D eigenvalue weighted by Gasteiger charge is -2.22. The summed E-state index contributed by atoms with van der Waals surface area (Å²) in [4.78, 5) is 0. The highest BCUT2D eigenvalue weighted by atomic mass is 35.5. The van der Waals surface area contributed by atoms with Crippen LogP contribution in [0.5, 0.6) is 0 Å². The van der Waals surface area contributed by atoms with Crippen LogP contribution in [-0.2, 0) is 0 Å². The van der Waals surface area contributed by atoms with Crippen molar-refractivity contribution in [1.29, 1.82) is 5.26 Å². The van der Waals surface area contributed by atoms with Gasteiger partial charge in [0.25, 0.3) is 0 Å². The molecular formula is C10H16ClN. The Labute approximate surface area is 80.0 Å². The van der Waals surface area contributed by atoms with Crippen molar-refractivity contribution in [3.63, 3.8) is 0 Å². The van der Waals surface area contributed by atoms with E-state index in [1.807, 2.05) is 6.92 Å². The number of halogens is 1. The lowest BCUT2D eigenvalue weighted by Crippen LogP contribution is -2.11. The Hall–Kier alpha value is -0.480. The maximum Gasteiger partial charge on any atom is 0.0959 e. The van der Waals surface area contributed by atoms with Crippen LogP contribution in [0.4, 0.5) is 0 Å². The Morgan fingerprint density at radius 3 is 2.17 bits per heavy atom. The molecule has 0 aromatic heterocycles. The molecule has 0 radical (unpaired) electrons. The number of hydrogen-bond donors (Lipinski definition) is 0. The van der Waals surface area contributed by atoms with Gasteiger partial charge in [-0.05, 0) is 12.8 Å².